The Balaban J connectivity index is 1.99. The highest BCUT2D eigenvalue weighted by Crippen LogP contribution is 2.24. The second-order valence-electron chi connectivity index (χ2n) is 6.28. The molecule has 26 heavy (non-hydrogen) atoms. The van der Waals surface area contributed by atoms with Gasteiger partial charge in [-0.15, -0.1) is 0 Å². The van der Waals surface area contributed by atoms with Gasteiger partial charge in [-0.05, 0) is 43.9 Å². The summed E-state index contributed by atoms with van der Waals surface area (Å²) < 4.78 is 31.6. The van der Waals surface area contributed by atoms with Gasteiger partial charge in [-0.1, -0.05) is 6.07 Å². The van der Waals surface area contributed by atoms with Crippen LogP contribution in [0, 0.1) is 5.92 Å². The zero-order valence-corrected chi connectivity index (χ0v) is 15.4. The number of benzene rings is 1. The molecule has 9 heteroatoms. The van der Waals surface area contributed by atoms with Gasteiger partial charge in [0.05, 0.1) is 17.4 Å². The van der Waals surface area contributed by atoms with Gasteiger partial charge in [-0.3, -0.25) is 9.59 Å². The molecule has 0 saturated heterocycles. The summed E-state index contributed by atoms with van der Waals surface area (Å²) in [5, 5.41) is 11.9. The Labute approximate surface area is 153 Å². The Morgan fingerprint density at radius 3 is 2.54 bits per heavy atom. The van der Waals surface area contributed by atoms with Gasteiger partial charge in [-0.2, -0.15) is 0 Å². The molecule has 3 N–H and O–H groups in total. The van der Waals surface area contributed by atoms with E-state index in [-0.39, 0.29) is 41.5 Å². The van der Waals surface area contributed by atoms with Crippen molar-refractivity contribution in [1.29, 1.82) is 0 Å². The summed E-state index contributed by atoms with van der Waals surface area (Å²) in [5.74, 6) is -1.51. The highest BCUT2D eigenvalue weighted by Gasteiger charge is 2.27. The number of carbonyl (C=O) groups is 2. The monoisotopic (exact) mass is 384 g/mol. The van der Waals surface area contributed by atoms with Crippen LogP contribution in [0.3, 0.4) is 0 Å². The molecule has 0 unspecified atom stereocenters. The fourth-order valence-corrected chi connectivity index (χ4v) is 3.98. The van der Waals surface area contributed by atoms with Crippen LogP contribution in [0.15, 0.2) is 29.2 Å². The van der Waals surface area contributed by atoms with Crippen LogP contribution in [-0.2, 0) is 19.6 Å². The van der Waals surface area contributed by atoms with Gasteiger partial charge >= 0.3 is 5.97 Å². The van der Waals surface area contributed by atoms with Crippen molar-refractivity contribution in [3.63, 3.8) is 0 Å². The van der Waals surface area contributed by atoms with E-state index in [2.05, 4.69) is 10.0 Å². The smallest absolute Gasteiger partial charge is 0.306 e. The molecule has 8 nitrogen and oxygen atoms in total. The van der Waals surface area contributed by atoms with Crippen molar-refractivity contribution in [2.45, 2.75) is 36.6 Å². The van der Waals surface area contributed by atoms with E-state index in [0.29, 0.717) is 25.7 Å². The Kier molecular flexibility index (Phi) is 7.13. The molecule has 1 aromatic carbocycles. The predicted molar refractivity (Wildman–Crippen MR) is 94.4 cm³/mol. The van der Waals surface area contributed by atoms with E-state index in [1.165, 1.54) is 25.3 Å². The molecule has 144 valence electrons. The molecule has 1 saturated carbocycles. The minimum atomic E-state index is -3.71. The molecule has 1 aromatic rings. The molecule has 1 aliphatic rings. The van der Waals surface area contributed by atoms with Gasteiger partial charge in [-0.25, -0.2) is 13.1 Å². The number of hydrogen-bond donors (Lipinski definition) is 3. The molecule has 2 rings (SSSR count). The number of hydrogen-bond acceptors (Lipinski definition) is 5. The van der Waals surface area contributed by atoms with Crippen LogP contribution in [0.25, 0.3) is 0 Å². The lowest BCUT2D eigenvalue weighted by molar-refractivity contribution is -0.142. The zero-order valence-electron chi connectivity index (χ0n) is 14.6. The maximum Gasteiger partial charge on any atom is 0.306 e. The van der Waals surface area contributed by atoms with Gasteiger partial charge in [0.25, 0.3) is 5.91 Å². The van der Waals surface area contributed by atoms with Crippen LogP contribution in [0.1, 0.15) is 36.0 Å². The van der Waals surface area contributed by atoms with Crippen LogP contribution >= 0.6 is 0 Å². The van der Waals surface area contributed by atoms with Crippen molar-refractivity contribution < 1.29 is 27.9 Å². The molecule has 0 atom stereocenters. The number of rotatable bonds is 8. The van der Waals surface area contributed by atoms with Gasteiger partial charge < -0.3 is 15.2 Å². The summed E-state index contributed by atoms with van der Waals surface area (Å²) in [6, 6.07) is 5.71. The summed E-state index contributed by atoms with van der Waals surface area (Å²) in [7, 11) is -2.24. The summed E-state index contributed by atoms with van der Waals surface area (Å²) in [4.78, 5) is 23.4. The normalized spacial score (nSPS) is 20.5. The molecule has 0 heterocycles. The van der Waals surface area contributed by atoms with E-state index in [4.69, 9.17) is 9.84 Å². The number of sulfonamides is 1. The highest BCUT2D eigenvalue weighted by molar-refractivity contribution is 7.89. The van der Waals surface area contributed by atoms with Crippen LogP contribution in [0.5, 0.6) is 0 Å². The lowest BCUT2D eigenvalue weighted by Crippen LogP contribution is -2.38. The van der Waals surface area contributed by atoms with Gasteiger partial charge in [0.15, 0.2) is 0 Å². The Bertz CT molecular complexity index is 741. The van der Waals surface area contributed by atoms with Crippen molar-refractivity contribution >= 4 is 21.9 Å². The average Bonchev–Trinajstić information content (AvgIpc) is 2.62. The summed E-state index contributed by atoms with van der Waals surface area (Å²) in [5.41, 5.74) is 0.250. The Morgan fingerprint density at radius 2 is 1.92 bits per heavy atom. The first kappa shape index (κ1) is 20.3. The Hall–Kier alpha value is -1.97. The van der Waals surface area contributed by atoms with Gasteiger partial charge in [0.2, 0.25) is 10.0 Å². The van der Waals surface area contributed by atoms with Crippen LogP contribution in [0.2, 0.25) is 0 Å². The molecule has 0 aromatic heterocycles. The topological polar surface area (TPSA) is 122 Å². The van der Waals surface area contributed by atoms with E-state index >= 15 is 0 Å². The number of ether oxygens (including phenoxy) is 1. The largest absolute Gasteiger partial charge is 0.481 e. The third kappa shape index (κ3) is 5.52. The van der Waals surface area contributed by atoms with E-state index in [0.717, 1.165) is 0 Å². The van der Waals surface area contributed by atoms with Crippen LogP contribution in [-0.4, -0.2) is 51.7 Å². The van der Waals surface area contributed by atoms with Crippen LogP contribution < -0.4 is 10.0 Å². The third-order valence-corrected chi connectivity index (χ3v) is 5.88. The highest BCUT2D eigenvalue weighted by atomic mass is 32.2. The number of nitrogens with one attached hydrogen (secondary N) is 2. The maximum atomic E-state index is 12.4. The average molecular weight is 384 g/mol. The minimum Gasteiger partial charge on any atom is -0.481 e. The fourth-order valence-electron chi connectivity index (χ4n) is 2.92. The molecular formula is C17H24N2O6S. The van der Waals surface area contributed by atoms with E-state index in [1.54, 1.807) is 6.07 Å². The number of amides is 1. The standard InChI is InChI=1S/C17H24N2O6S/c1-25-10-9-18-26(23,24)15-4-2-3-13(11-15)16(20)19-14-7-5-12(6-8-14)17(21)22/h2-4,11-12,14,18H,5-10H2,1H3,(H,19,20)(H,21,22). The lowest BCUT2D eigenvalue weighted by Gasteiger charge is -2.26. The number of aliphatic carboxylic acids is 1. The van der Waals surface area contributed by atoms with Crippen molar-refractivity contribution in [1.82, 2.24) is 10.0 Å². The first-order chi connectivity index (χ1) is 12.3. The number of carboxylic acids is 1. The second kappa shape index (κ2) is 9.11. The summed E-state index contributed by atoms with van der Waals surface area (Å²) in [6.45, 7) is 0.389. The van der Waals surface area contributed by atoms with Crippen molar-refractivity contribution in [2.75, 3.05) is 20.3 Å². The quantitative estimate of drug-likeness (QED) is 0.575. The molecule has 1 amide bonds. The second-order valence-corrected chi connectivity index (χ2v) is 8.05. The fraction of sp³-hybridized carbons (Fsp3) is 0.529. The van der Waals surface area contributed by atoms with Gasteiger partial charge in [0.1, 0.15) is 0 Å². The number of carboxylic acid groups (broad SMARTS) is 1. The van der Waals surface area contributed by atoms with Crippen molar-refractivity contribution in [3.8, 4) is 0 Å². The molecule has 0 aliphatic heterocycles. The van der Waals surface area contributed by atoms with Crippen molar-refractivity contribution in [3.05, 3.63) is 29.8 Å². The Morgan fingerprint density at radius 1 is 1.23 bits per heavy atom. The predicted octanol–water partition coefficient (Wildman–Crippen LogP) is 0.984. The molecule has 1 aliphatic carbocycles. The van der Waals surface area contributed by atoms with E-state index in [9.17, 15) is 18.0 Å². The van der Waals surface area contributed by atoms with Gasteiger partial charge in [0, 0.05) is 25.3 Å². The first-order valence-corrected chi connectivity index (χ1v) is 9.94. The minimum absolute atomic E-state index is 0.0100. The molecule has 0 spiro atoms. The van der Waals surface area contributed by atoms with Crippen LogP contribution in [0.4, 0.5) is 0 Å². The zero-order chi connectivity index (χ0) is 19.2. The molecule has 0 bridgehead atoms. The number of methoxy groups -OCH3 is 1. The molecular weight excluding hydrogens is 360 g/mol. The molecule has 1 fully saturated rings. The SMILES string of the molecule is COCCNS(=O)(=O)c1cccc(C(=O)NC2CCC(C(=O)O)CC2)c1. The summed E-state index contributed by atoms with van der Waals surface area (Å²) >= 11 is 0. The van der Waals surface area contributed by atoms with Crippen molar-refractivity contribution in [2.24, 2.45) is 5.92 Å². The molecule has 0 radical (unpaired) electrons. The lowest BCUT2D eigenvalue weighted by atomic mass is 9.86. The number of carbonyl (C=O) groups excluding carboxylic acids is 1. The first-order valence-electron chi connectivity index (χ1n) is 8.46. The van der Waals surface area contributed by atoms with E-state index in [1.807, 2.05) is 0 Å². The van der Waals surface area contributed by atoms with E-state index < -0.39 is 16.0 Å². The third-order valence-electron chi connectivity index (χ3n) is 4.42. The maximum absolute atomic E-state index is 12.4. The summed E-state index contributed by atoms with van der Waals surface area (Å²) in [6.07, 6.45) is 2.24.